The van der Waals surface area contributed by atoms with Gasteiger partial charge < -0.3 is 9.72 Å². The van der Waals surface area contributed by atoms with E-state index in [0.29, 0.717) is 21.4 Å². The van der Waals surface area contributed by atoms with E-state index in [0.717, 1.165) is 11.1 Å². The number of nitrogens with zero attached hydrogens (tertiary/aromatic N) is 2. The van der Waals surface area contributed by atoms with E-state index >= 15 is 0 Å². The minimum absolute atomic E-state index is 0.129. The molecule has 3 aromatic rings. The van der Waals surface area contributed by atoms with Gasteiger partial charge in [0.2, 0.25) is 5.82 Å². The van der Waals surface area contributed by atoms with Crippen LogP contribution in [0.2, 0.25) is 10.0 Å². The van der Waals surface area contributed by atoms with Crippen LogP contribution in [0.15, 0.2) is 42.7 Å². The van der Waals surface area contributed by atoms with Gasteiger partial charge in [0.25, 0.3) is 0 Å². The maximum atomic E-state index is 12.0. The Morgan fingerprint density at radius 1 is 1.12 bits per heavy atom. The third-order valence-electron chi connectivity index (χ3n) is 3.33. The second-order valence-corrected chi connectivity index (χ2v) is 5.71. The van der Waals surface area contributed by atoms with Gasteiger partial charge in [0, 0.05) is 23.5 Å². The van der Waals surface area contributed by atoms with Crippen molar-refractivity contribution in [3.8, 4) is 22.5 Å². The number of ether oxygens (including phenoxy) is 1. The van der Waals surface area contributed by atoms with E-state index in [1.54, 1.807) is 37.5 Å². The van der Waals surface area contributed by atoms with Crippen LogP contribution in [0.4, 0.5) is 0 Å². The largest absolute Gasteiger partial charge is 0.460 e. The highest BCUT2D eigenvalue weighted by Crippen LogP contribution is 2.33. The molecule has 7 heteroatoms. The minimum atomic E-state index is -0.515. The number of esters is 1. The fraction of sp³-hybridized carbons (Fsp3) is 0.118. The lowest BCUT2D eigenvalue weighted by atomic mass is 10.1. The van der Waals surface area contributed by atoms with Crippen molar-refractivity contribution in [1.29, 1.82) is 0 Å². The van der Waals surface area contributed by atoms with E-state index in [1.807, 2.05) is 12.1 Å². The van der Waals surface area contributed by atoms with Crippen molar-refractivity contribution in [1.82, 2.24) is 15.0 Å². The van der Waals surface area contributed by atoms with E-state index in [2.05, 4.69) is 15.0 Å². The molecule has 5 nitrogen and oxygen atoms in total. The second-order valence-electron chi connectivity index (χ2n) is 4.89. The van der Waals surface area contributed by atoms with E-state index in [1.165, 1.54) is 0 Å². The highest BCUT2D eigenvalue weighted by Gasteiger charge is 2.19. The molecule has 24 heavy (non-hydrogen) atoms. The molecule has 0 aliphatic carbocycles. The molecule has 0 aliphatic heterocycles. The van der Waals surface area contributed by atoms with E-state index in [4.69, 9.17) is 27.9 Å². The van der Waals surface area contributed by atoms with Crippen molar-refractivity contribution in [3.05, 3.63) is 58.6 Å². The molecule has 2 heterocycles. The first-order valence-corrected chi connectivity index (χ1v) is 7.98. The third kappa shape index (κ3) is 3.27. The molecule has 0 amide bonds. The van der Waals surface area contributed by atoms with Crippen LogP contribution >= 0.6 is 23.2 Å². The Bertz CT molecular complexity index is 879. The van der Waals surface area contributed by atoms with Gasteiger partial charge in [-0.25, -0.2) is 9.78 Å². The first-order chi connectivity index (χ1) is 11.6. The van der Waals surface area contributed by atoms with Crippen molar-refractivity contribution < 1.29 is 9.53 Å². The Balaban J connectivity index is 2.15. The summed E-state index contributed by atoms with van der Waals surface area (Å²) in [5.74, 6) is -0.385. The number of imidazole rings is 1. The standard InChI is InChI=1S/C17H13Cl2N3O2/c1-2-24-17(23)16-21-14(10-5-7-20-8-6-10)15(22-16)11-3-4-12(18)13(19)9-11/h3-9H,2H2,1H3,(H,21,22). The number of pyridine rings is 1. The highest BCUT2D eigenvalue weighted by atomic mass is 35.5. The molecule has 122 valence electrons. The lowest BCUT2D eigenvalue weighted by Gasteiger charge is -2.04. The summed E-state index contributed by atoms with van der Waals surface area (Å²) < 4.78 is 5.02. The number of rotatable bonds is 4. The van der Waals surface area contributed by atoms with Gasteiger partial charge in [-0.15, -0.1) is 0 Å². The summed E-state index contributed by atoms with van der Waals surface area (Å²) in [5.41, 5.74) is 2.85. The molecule has 0 unspecified atom stereocenters. The topological polar surface area (TPSA) is 67.9 Å². The number of carbonyl (C=O) groups is 1. The molecule has 0 saturated carbocycles. The maximum Gasteiger partial charge on any atom is 0.374 e. The van der Waals surface area contributed by atoms with Crippen LogP contribution in [-0.2, 0) is 4.74 Å². The number of benzene rings is 1. The normalized spacial score (nSPS) is 10.6. The second kappa shape index (κ2) is 7.03. The zero-order valence-electron chi connectivity index (χ0n) is 12.7. The molecule has 0 spiro atoms. The van der Waals surface area contributed by atoms with Gasteiger partial charge in [-0.3, -0.25) is 4.98 Å². The molecule has 3 rings (SSSR count). The molecular weight excluding hydrogens is 349 g/mol. The number of H-pyrrole nitrogens is 1. The molecule has 0 saturated heterocycles. The van der Waals surface area contributed by atoms with E-state index in [9.17, 15) is 4.79 Å². The van der Waals surface area contributed by atoms with Gasteiger partial charge >= 0.3 is 5.97 Å². The highest BCUT2D eigenvalue weighted by molar-refractivity contribution is 6.42. The Kier molecular flexibility index (Phi) is 4.83. The molecule has 1 aromatic carbocycles. The first kappa shape index (κ1) is 16.5. The summed E-state index contributed by atoms with van der Waals surface area (Å²) in [6, 6.07) is 8.84. The summed E-state index contributed by atoms with van der Waals surface area (Å²) in [7, 11) is 0. The number of aromatic nitrogens is 3. The van der Waals surface area contributed by atoms with Crippen LogP contribution in [0.3, 0.4) is 0 Å². The molecule has 0 radical (unpaired) electrons. The van der Waals surface area contributed by atoms with Gasteiger partial charge in [-0.1, -0.05) is 29.3 Å². The fourth-order valence-electron chi connectivity index (χ4n) is 2.25. The van der Waals surface area contributed by atoms with E-state index < -0.39 is 5.97 Å². The lowest BCUT2D eigenvalue weighted by molar-refractivity contribution is 0.0513. The monoisotopic (exact) mass is 361 g/mol. The number of nitrogens with one attached hydrogen (secondary N) is 1. The summed E-state index contributed by atoms with van der Waals surface area (Å²) in [6.07, 6.45) is 3.33. The van der Waals surface area contributed by atoms with Crippen LogP contribution in [0.5, 0.6) is 0 Å². The van der Waals surface area contributed by atoms with Crippen molar-refractivity contribution in [2.75, 3.05) is 6.61 Å². The van der Waals surface area contributed by atoms with Crippen LogP contribution in [0.1, 0.15) is 17.5 Å². The molecule has 0 atom stereocenters. The summed E-state index contributed by atoms with van der Waals surface area (Å²) in [5, 5.41) is 0.863. The van der Waals surface area contributed by atoms with E-state index in [-0.39, 0.29) is 12.4 Å². The Morgan fingerprint density at radius 2 is 1.88 bits per heavy atom. The first-order valence-electron chi connectivity index (χ1n) is 7.23. The molecular formula is C17H13Cl2N3O2. The third-order valence-corrected chi connectivity index (χ3v) is 4.07. The molecule has 0 aliphatic rings. The molecule has 0 fully saturated rings. The van der Waals surface area contributed by atoms with Crippen molar-refractivity contribution in [3.63, 3.8) is 0 Å². The van der Waals surface area contributed by atoms with Gasteiger partial charge in [0.1, 0.15) is 0 Å². The molecule has 0 bridgehead atoms. The predicted molar refractivity (Wildman–Crippen MR) is 93.2 cm³/mol. The van der Waals surface area contributed by atoms with Crippen LogP contribution in [-0.4, -0.2) is 27.5 Å². The smallest absolute Gasteiger partial charge is 0.374 e. The van der Waals surface area contributed by atoms with Crippen LogP contribution in [0, 0.1) is 0 Å². The van der Waals surface area contributed by atoms with Gasteiger partial charge in [-0.2, -0.15) is 0 Å². The van der Waals surface area contributed by atoms with Crippen LogP contribution in [0.25, 0.3) is 22.5 Å². The SMILES string of the molecule is CCOC(=O)c1nc(-c2ccc(Cl)c(Cl)c2)c(-c2ccncc2)[nH]1. The quantitative estimate of drug-likeness (QED) is 0.688. The summed E-state index contributed by atoms with van der Waals surface area (Å²) in [6.45, 7) is 2.01. The minimum Gasteiger partial charge on any atom is -0.460 e. The Morgan fingerprint density at radius 3 is 2.54 bits per heavy atom. The lowest BCUT2D eigenvalue weighted by Crippen LogP contribution is -2.06. The Hall–Kier alpha value is -2.37. The number of hydrogen-bond donors (Lipinski definition) is 1. The fourth-order valence-corrected chi connectivity index (χ4v) is 2.55. The van der Waals surface area contributed by atoms with Crippen molar-refractivity contribution >= 4 is 29.2 Å². The predicted octanol–water partition coefficient (Wildman–Crippen LogP) is 4.62. The number of hydrogen-bond acceptors (Lipinski definition) is 4. The van der Waals surface area contributed by atoms with Crippen molar-refractivity contribution in [2.45, 2.75) is 6.92 Å². The average molecular weight is 362 g/mol. The Labute approximate surface area is 148 Å². The summed E-state index contributed by atoms with van der Waals surface area (Å²) in [4.78, 5) is 23.4. The van der Waals surface area contributed by atoms with Gasteiger partial charge in [0.05, 0.1) is 28.0 Å². The van der Waals surface area contributed by atoms with Crippen molar-refractivity contribution in [2.24, 2.45) is 0 Å². The van der Waals surface area contributed by atoms with Gasteiger partial charge in [-0.05, 0) is 31.2 Å². The number of aromatic amines is 1. The maximum absolute atomic E-state index is 12.0. The molecule has 2 aromatic heterocycles. The van der Waals surface area contributed by atoms with Crippen LogP contribution < -0.4 is 0 Å². The summed E-state index contributed by atoms with van der Waals surface area (Å²) >= 11 is 12.1. The van der Waals surface area contributed by atoms with Gasteiger partial charge in [0.15, 0.2) is 0 Å². The zero-order chi connectivity index (χ0) is 17.1. The molecule has 1 N–H and O–H groups in total. The zero-order valence-corrected chi connectivity index (χ0v) is 14.2. The number of carbonyl (C=O) groups excluding carboxylic acids is 1. The average Bonchev–Trinajstić information content (AvgIpc) is 3.04. The number of halogens is 2.